The third kappa shape index (κ3) is 15.0. The van der Waals surface area contributed by atoms with E-state index in [1.807, 2.05) is 54.7 Å². The summed E-state index contributed by atoms with van der Waals surface area (Å²) in [5, 5.41) is 31.7. The molecule has 2 aliphatic rings. The molecule has 3 atom stereocenters. The number of carboxylic acid groups (broad SMARTS) is 1. The number of hydrogen-bond donors (Lipinski definition) is 4. The van der Waals surface area contributed by atoms with E-state index in [9.17, 15) is 34.2 Å². The number of aliphatic carboxylic acids is 1. The Morgan fingerprint density at radius 2 is 1.52 bits per heavy atom. The lowest BCUT2D eigenvalue weighted by molar-refractivity contribution is -0.780. The maximum atomic E-state index is 13.9. The Labute approximate surface area is 394 Å². The molecule has 3 amide bonds. The number of hydrogen-bond acceptors (Lipinski definition) is 15. The molecule has 368 valence electrons. The number of anilines is 1. The van der Waals surface area contributed by atoms with Crippen molar-refractivity contribution in [1.29, 1.82) is 0 Å². The van der Waals surface area contributed by atoms with Crippen LogP contribution < -0.4 is 20.1 Å². The van der Waals surface area contributed by atoms with Crippen LogP contribution >= 0.6 is 11.3 Å². The number of aliphatic hydroxyl groups is 1. The number of carbonyl (C=O) groups excluding carboxylic acids is 4. The van der Waals surface area contributed by atoms with Crippen molar-refractivity contribution < 1.29 is 67.4 Å². The number of aliphatic hydroxyl groups excluding tert-OH is 1. The lowest BCUT2D eigenvalue weighted by Gasteiger charge is -2.39. The Hall–Kier alpha value is -5.96. The summed E-state index contributed by atoms with van der Waals surface area (Å²) in [6.45, 7) is 23.9. The highest BCUT2D eigenvalue weighted by atomic mass is 32.1. The van der Waals surface area contributed by atoms with Gasteiger partial charge in [0, 0.05) is 24.4 Å². The molecular formula is C46H66N7O13S+. The molecule has 0 saturated carbocycles. The molecule has 2 aromatic heterocycles. The van der Waals surface area contributed by atoms with E-state index in [0.717, 1.165) is 28.0 Å². The van der Waals surface area contributed by atoms with Crippen LogP contribution in [0.3, 0.4) is 0 Å². The van der Waals surface area contributed by atoms with Gasteiger partial charge >= 0.3 is 30.2 Å². The summed E-state index contributed by atoms with van der Waals surface area (Å²) in [5.74, 6) is -1.76. The molecule has 20 nitrogen and oxygen atoms in total. The van der Waals surface area contributed by atoms with Gasteiger partial charge < -0.3 is 49.0 Å². The minimum atomic E-state index is -1.94. The molecule has 5 rings (SSSR count). The highest BCUT2D eigenvalue weighted by Crippen LogP contribution is 2.37. The lowest BCUT2D eigenvalue weighted by atomic mass is 9.89. The average molecular weight is 957 g/mol. The molecule has 1 aromatic carbocycles. The zero-order chi connectivity index (χ0) is 49.9. The molecule has 0 unspecified atom stereocenters. The van der Waals surface area contributed by atoms with Crippen molar-refractivity contribution in [2.75, 3.05) is 25.0 Å². The van der Waals surface area contributed by atoms with Crippen LogP contribution in [0.25, 0.3) is 11.1 Å². The first-order valence-corrected chi connectivity index (χ1v) is 23.0. The number of alkyl carbamates (subject to hydrolysis) is 1. The molecular weight excluding hydrogens is 891 g/mol. The Balaban J connectivity index is 1.37. The lowest BCUT2D eigenvalue weighted by Crippen LogP contribution is -2.56. The molecule has 2 aliphatic heterocycles. The number of aromatic nitrogens is 3. The van der Waals surface area contributed by atoms with Crippen LogP contribution in [0, 0.1) is 5.92 Å². The van der Waals surface area contributed by atoms with E-state index in [0.29, 0.717) is 31.8 Å². The van der Waals surface area contributed by atoms with Crippen LogP contribution in [-0.4, -0.2) is 121 Å². The molecule has 0 aliphatic carbocycles. The predicted molar refractivity (Wildman–Crippen MR) is 246 cm³/mol. The molecule has 0 radical (unpaired) electrons. The fourth-order valence-electron chi connectivity index (χ4n) is 6.92. The van der Waals surface area contributed by atoms with E-state index in [1.54, 1.807) is 73.3 Å². The normalized spacial score (nSPS) is 17.1. The van der Waals surface area contributed by atoms with Crippen LogP contribution in [-0.2, 0) is 52.9 Å². The third-order valence-corrected chi connectivity index (χ3v) is 10.6. The van der Waals surface area contributed by atoms with Crippen molar-refractivity contribution in [3.8, 4) is 16.9 Å². The van der Waals surface area contributed by atoms with Gasteiger partial charge in [0.15, 0.2) is 17.8 Å². The second-order valence-corrected chi connectivity index (χ2v) is 21.7. The smallest absolute Gasteiger partial charge is 0.413 e. The summed E-state index contributed by atoms with van der Waals surface area (Å²) in [7, 11) is 0. The number of fused-ring (bicyclic) bond motifs is 1. The zero-order valence-corrected chi connectivity index (χ0v) is 41.5. The molecule has 21 heteroatoms. The Morgan fingerprint density at radius 3 is 2.13 bits per heavy atom. The number of rotatable bonds is 14. The zero-order valence-electron chi connectivity index (χ0n) is 40.7. The number of amides is 3. The summed E-state index contributed by atoms with van der Waals surface area (Å²) in [6, 6.07) is 5.61. The number of carbonyl (C=O) groups is 5. The second kappa shape index (κ2) is 20.1. The van der Waals surface area contributed by atoms with Gasteiger partial charge in [-0.3, -0.25) is 5.32 Å². The van der Waals surface area contributed by atoms with E-state index < -0.39 is 70.0 Å². The SMILES string of the molecule is CC(C)(C)OC(=O)NC[C@H](O)C[n+]1cc(-c2ccc3c(c2)CC[C@H]([C@](C)(O/N=C(\C(=O)O)c2csc(NC(=O)OC(C)(C)C)n2)C(=O)OC(C)(C)C)O3)cn1CC1CN(C(=O)OC(C)(C)C)C1. The first-order valence-electron chi connectivity index (χ1n) is 22.1. The van der Waals surface area contributed by atoms with Gasteiger partial charge in [-0.05, 0) is 126 Å². The standard InChI is InChI=1S/C46H65N7O13S/c1-42(2,3)62-37(57)46(13,66-50-35(36(55)56)32-26-67-38(48-32)49-40(59)64-44(7,8)9)34-17-15-29-18-28(14-16-33(29)61-34)30-23-52(22-27-20-51(21-27)41(60)65-45(10,11)12)53(24-30)25-31(54)19-47-39(58)63-43(4,5)6/h14,16,18,23-24,26-27,31,34,54H,15,17,19-22,25H2,1-13H3,(H2-,47,48,49,55,56,58,59)/p+1/b50-35-/t31-,34+,46-/m0/s1. The summed E-state index contributed by atoms with van der Waals surface area (Å²) < 4.78 is 32.2. The quantitative estimate of drug-likeness (QED) is 0.0456. The average Bonchev–Trinajstić information content (AvgIpc) is 3.78. The fraction of sp³-hybridized carbons (Fsp3) is 0.609. The number of aryl methyl sites for hydroxylation is 1. The van der Waals surface area contributed by atoms with E-state index in [1.165, 1.54) is 12.3 Å². The highest BCUT2D eigenvalue weighted by molar-refractivity contribution is 7.14. The highest BCUT2D eigenvalue weighted by Gasteiger charge is 2.51. The Morgan fingerprint density at radius 1 is 0.896 bits per heavy atom. The minimum Gasteiger partial charge on any atom is -0.485 e. The van der Waals surface area contributed by atoms with Crippen LogP contribution in [0.5, 0.6) is 5.75 Å². The van der Waals surface area contributed by atoms with Gasteiger partial charge in [-0.1, -0.05) is 11.2 Å². The third-order valence-electron chi connectivity index (χ3n) is 9.88. The summed E-state index contributed by atoms with van der Waals surface area (Å²) in [6.07, 6.45) is 0.795. The van der Waals surface area contributed by atoms with Crippen molar-refractivity contribution in [3.63, 3.8) is 0 Å². The predicted octanol–water partition coefficient (Wildman–Crippen LogP) is 6.30. The summed E-state index contributed by atoms with van der Waals surface area (Å²) in [4.78, 5) is 75.5. The first-order chi connectivity index (χ1) is 30.9. The molecule has 4 N–H and O–H groups in total. The van der Waals surface area contributed by atoms with Crippen molar-refractivity contribution in [3.05, 3.63) is 47.2 Å². The van der Waals surface area contributed by atoms with Crippen LogP contribution in [0.1, 0.15) is 108 Å². The van der Waals surface area contributed by atoms with Crippen molar-refractivity contribution in [1.82, 2.24) is 19.9 Å². The molecule has 1 fully saturated rings. The number of ether oxygens (including phenoxy) is 5. The Bertz CT molecular complexity index is 2300. The topological polar surface area (TPSA) is 243 Å². The van der Waals surface area contributed by atoms with Gasteiger partial charge in [-0.25, -0.2) is 29.0 Å². The van der Waals surface area contributed by atoms with E-state index in [2.05, 4.69) is 20.8 Å². The van der Waals surface area contributed by atoms with Crippen molar-refractivity contribution in [2.24, 2.45) is 11.1 Å². The van der Waals surface area contributed by atoms with E-state index in [4.69, 9.17) is 28.5 Å². The maximum Gasteiger partial charge on any atom is 0.413 e. The van der Waals surface area contributed by atoms with Gasteiger partial charge in [0.2, 0.25) is 11.9 Å². The first kappa shape index (κ1) is 52.0. The summed E-state index contributed by atoms with van der Waals surface area (Å²) >= 11 is 0.946. The molecule has 3 aromatic rings. The minimum absolute atomic E-state index is 0.0520. The maximum absolute atomic E-state index is 13.9. The van der Waals surface area contributed by atoms with Crippen LogP contribution in [0.2, 0.25) is 0 Å². The number of nitrogens with one attached hydrogen (secondary N) is 2. The molecule has 0 bridgehead atoms. The molecule has 67 heavy (non-hydrogen) atoms. The number of benzene rings is 1. The van der Waals surface area contributed by atoms with Gasteiger partial charge in [0.25, 0.3) is 5.60 Å². The number of likely N-dealkylation sites (tertiary alicyclic amines) is 1. The number of oxime groups is 1. The number of esters is 1. The number of carboxylic acids is 1. The van der Waals surface area contributed by atoms with Crippen LogP contribution in [0.15, 0.2) is 41.1 Å². The largest absolute Gasteiger partial charge is 0.485 e. The van der Waals surface area contributed by atoms with E-state index in [-0.39, 0.29) is 42.3 Å². The van der Waals surface area contributed by atoms with Gasteiger partial charge in [-0.2, -0.15) is 4.68 Å². The van der Waals surface area contributed by atoms with Gasteiger partial charge in [0.1, 0.15) is 40.0 Å². The fourth-order valence-corrected chi connectivity index (χ4v) is 7.60. The van der Waals surface area contributed by atoms with Gasteiger partial charge in [0.05, 0.1) is 24.8 Å². The molecule has 1 saturated heterocycles. The molecule has 4 heterocycles. The van der Waals surface area contributed by atoms with Crippen molar-refractivity contribution >= 4 is 52.4 Å². The van der Waals surface area contributed by atoms with Crippen LogP contribution in [0.4, 0.5) is 19.5 Å². The monoisotopic (exact) mass is 956 g/mol. The number of thiazole rings is 1. The van der Waals surface area contributed by atoms with Gasteiger partial charge in [-0.15, -0.1) is 16.0 Å². The second-order valence-electron chi connectivity index (χ2n) is 20.8. The summed E-state index contributed by atoms with van der Waals surface area (Å²) in [5.41, 5.74) is -3.25. The van der Waals surface area contributed by atoms with E-state index >= 15 is 0 Å². The van der Waals surface area contributed by atoms with Crippen molar-refractivity contribution in [2.45, 2.75) is 156 Å². The number of nitrogens with zero attached hydrogens (tertiary/aromatic N) is 5. The Kier molecular flexibility index (Phi) is 15.6. The molecule has 0 spiro atoms.